The Morgan fingerprint density at radius 1 is 0.974 bits per heavy atom. The van der Waals surface area contributed by atoms with Crippen LogP contribution in [0.5, 0.6) is 0 Å². The van der Waals surface area contributed by atoms with Crippen molar-refractivity contribution in [2.45, 2.75) is 44.3 Å². The van der Waals surface area contributed by atoms with E-state index in [1.165, 1.54) is 11.3 Å². The van der Waals surface area contributed by atoms with Gasteiger partial charge in [-0.25, -0.2) is 4.79 Å². The summed E-state index contributed by atoms with van der Waals surface area (Å²) in [6.07, 6.45) is 9.11. The molecule has 1 aromatic heterocycles. The highest BCUT2D eigenvalue weighted by molar-refractivity contribution is 6.16. The lowest BCUT2D eigenvalue weighted by atomic mass is 9.94. The van der Waals surface area contributed by atoms with Crippen LogP contribution < -0.4 is 4.90 Å². The van der Waals surface area contributed by atoms with Gasteiger partial charge in [-0.15, -0.1) is 0 Å². The summed E-state index contributed by atoms with van der Waals surface area (Å²) in [5.74, 6) is -0.868. The predicted molar refractivity (Wildman–Crippen MR) is 147 cm³/mol. The van der Waals surface area contributed by atoms with E-state index in [0.717, 1.165) is 55.5 Å². The smallest absolute Gasteiger partial charge is 0.337 e. The Kier molecular flexibility index (Phi) is 6.35. The first kappa shape index (κ1) is 24.2. The highest BCUT2D eigenvalue weighted by atomic mass is 16.4. The first-order chi connectivity index (χ1) is 18.5. The number of benzene rings is 2. The lowest BCUT2D eigenvalue weighted by molar-refractivity contribution is -0.130. The van der Waals surface area contributed by atoms with Crippen molar-refractivity contribution >= 4 is 23.1 Å². The molecule has 0 bridgehead atoms. The maximum Gasteiger partial charge on any atom is 0.337 e. The van der Waals surface area contributed by atoms with Crippen molar-refractivity contribution in [3.63, 3.8) is 0 Å². The van der Waals surface area contributed by atoms with E-state index < -0.39 is 5.97 Å². The van der Waals surface area contributed by atoms with Crippen LogP contribution in [0.25, 0.3) is 5.57 Å². The number of carbonyl (C=O) groups excluding carboxylic acids is 1. The maximum absolute atomic E-state index is 13.6. The fraction of sp³-hybridized carbons (Fsp3) is 0.323. The van der Waals surface area contributed by atoms with Gasteiger partial charge in [0.2, 0.25) is 0 Å². The molecule has 0 radical (unpaired) electrons. The van der Waals surface area contributed by atoms with E-state index in [1.807, 2.05) is 72.9 Å². The van der Waals surface area contributed by atoms with Crippen LogP contribution >= 0.6 is 0 Å². The number of fused-ring (bicyclic) bond motifs is 2. The standard InChI is InChI=1S/C31H32N4O3/c1-33(24-12-16-34(17-13-24)25-10-14-32-15-11-25)30(36)22-7-6-21-8-9-29(27(21)18-22)35-19-23-4-2-3-5-26(23)28(20-35)31(37)38/h2-7,10-11,14-15,18,20,24,29H,8-9,12-13,16-17,19H2,1H3,(H,37,38)/t29-/m1/s1. The molecule has 2 aromatic carbocycles. The van der Waals surface area contributed by atoms with E-state index in [2.05, 4.69) is 20.9 Å². The molecule has 0 unspecified atom stereocenters. The zero-order chi connectivity index (χ0) is 26.2. The zero-order valence-corrected chi connectivity index (χ0v) is 21.6. The van der Waals surface area contributed by atoms with Gasteiger partial charge >= 0.3 is 5.97 Å². The molecule has 7 heteroatoms. The number of hydrogen-bond donors (Lipinski definition) is 1. The van der Waals surface area contributed by atoms with Gasteiger partial charge in [0.1, 0.15) is 0 Å². The third kappa shape index (κ3) is 4.42. The van der Waals surface area contributed by atoms with Crippen LogP contribution in [-0.4, -0.2) is 57.9 Å². The molecular weight excluding hydrogens is 476 g/mol. The van der Waals surface area contributed by atoms with Gasteiger partial charge in [-0.05, 0) is 72.2 Å². The third-order valence-electron chi connectivity index (χ3n) is 8.39. The van der Waals surface area contributed by atoms with Crippen LogP contribution in [0.15, 0.2) is 73.2 Å². The molecule has 2 aliphatic heterocycles. The zero-order valence-electron chi connectivity index (χ0n) is 21.6. The maximum atomic E-state index is 13.6. The number of pyridine rings is 1. The van der Waals surface area contributed by atoms with Crippen molar-refractivity contribution in [3.05, 3.63) is 101 Å². The second-order valence-electron chi connectivity index (χ2n) is 10.5. The monoisotopic (exact) mass is 508 g/mol. The molecule has 1 saturated heterocycles. The van der Waals surface area contributed by atoms with Crippen LogP contribution in [0.1, 0.15) is 57.9 Å². The van der Waals surface area contributed by atoms with Crippen LogP contribution in [0.2, 0.25) is 0 Å². The molecule has 0 spiro atoms. The summed E-state index contributed by atoms with van der Waals surface area (Å²) in [5.41, 5.74) is 6.39. The molecule has 3 aliphatic rings. The molecule has 1 amide bonds. The molecule has 3 aromatic rings. The lowest BCUT2D eigenvalue weighted by Gasteiger charge is -2.38. The molecule has 3 heterocycles. The van der Waals surface area contributed by atoms with Gasteiger partial charge in [0.15, 0.2) is 0 Å². The Balaban J connectivity index is 1.19. The van der Waals surface area contributed by atoms with Gasteiger partial charge in [-0.2, -0.15) is 0 Å². The minimum Gasteiger partial charge on any atom is -0.478 e. The molecule has 1 aliphatic carbocycles. The summed E-state index contributed by atoms with van der Waals surface area (Å²) in [6, 6.07) is 18.1. The third-order valence-corrected chi connectivity index (χ3v) is 8.39. The Morgan fingerprint density at radius 2 is 1.74 bits per heavy atom. The average molecular weight is 509 g/mol. The van der Waals surface area contributed by atoms with Crippen LogP contribution in [0.3, 0.4) is 0 Å². The molecule has 194 valence electrons. The largest absolute Gasteiger partial charge is 0.478 e. The summed E-state index contributed by atoms with van der Waals surface area (Å²) in [6.45, 7) is 2.48. The Labute approximate surface area is 223 Å². The quantitative estimate of drug-likeness (QED) is 0.536. The summed E-state index contributed by atoms with van der Waals surface area (Å²) >= 11 is 0. The van der Waals surface area contributed by atoms with Crippen molar-refractivity contribution in [2.75, 3.05) is 25.0 Å². The summed E-state index contributed by atoms with van der Waals surface area (Å²) in [7, 11) is 1.92. The normalized spacial score (nSPS) is 19.0. The fourth-order valence-electron chi connectivity index (χ4n) is 6.26. The van der Waals surface area contributed by atoms with E-state index in [1.54, 1.807) is 6.20 Å². The van der Waals surface area contributed by atoms with Gasteiger partial charge in [-0.3, -0.25) is 9.78 Å². The Hall–Kier alpha value is -4.13. The number of aryl methyl sites for hydroxylation is 1. The summed E-state index contributed by atoms with van der Waals surface area (Å²) in [5, 5.41) is 9.87. The van der Waals surface area contributed by atoms with E-state index in [4.69, 9.17) is 0 Å². The molecule has 1 fully saturated rings. The number of amides is 1. The van der Waals surface area contributed by atoms with Gasteiger partial charge < -0.3 is 19.8 Å². The second kappa shape index (κ2) is 9.97. The average Bonchev–Trinajstić information content (AvgIpc) is 3.39. The van der Waals surface area contributed by atoms with E-state index >= 15 is 0 Å². The van der Waals surface area contributed by atoms with Crippen molar-refractivity contribution in [1.29, 1.82) is 0 Å². The number of rotatable bonds is 5. The molecule has 6 rings (SSSR count). The Bertz CT molecular complexity index is 1400. The van der Waals surface area contributed by atoms with Gasteiger partial charge in [-0.1, -0.05) is 30.3 Å². The fourth-order valence-corrected chi connectivity index (χ4v) is 6.26. The number of carboxylic acid groups (broad SMARTS) is 1. The number of nitrogens with zero attached hydrogens (tertiary/aromatic N) is 4. The molecule has 1 atom stereocenters. The van der Waals surface area contributed by atoms with Gasteiger partial charge in [0, 0.05) is 62.6 Å². The number of anilines is 1. The number of carboxylic acids is 1. The van der Waals surface area contributed by atoms with Crippen molar-refractivity contribution in [3.8, 4) is 0 Å². The Morgan fingerprint density at radius 3 is 2.50 bits per heavy atom. The lowest BCUT2D eigenvalue weighted by Crippen LogP contribution is -2.45. The van der Waals surface area contributed by atoms with Crippen LogP contribution in [0, 0.1) is 0 Å². The minimum absolute atomic E-state index is 0.0477. The first-order valence-electron chi connectivity index (χ1n) is 13.3. The van der Waals surface area contributed by atoms with Crippen molar-refractivity contribution in [2.24, 2.45) is 0 Å². The van der Waals surface area contributed by atoms with E-state index in [-0.39, 0.29) is 18.0 Å². The number of aliphatic carboxylic acids is 1. The van der Waals surface area contributed by atoms with Crippen LogP contribution in [0.4, 0.5) is 5.69 Å². The minimum atomic E-state index is -0.916. The topological polar surface area (TPSA) is 77.0 Å². The summed E-state index contributed by atoms with van der Waals surface area (Å²) in [4.78, 5) is 36.1. The first-order valence-corrected chi connectivity index (χ1v) is 13.3. The van der Waals surface area contributed by atoms with E-state index in [9.17, 15) is 14.7 Å². The molecule has 38 heavy (non-hydrogen) atoms. The number of aromatic nitrogens is 1. The van der Waals surface area contributed by atoms with Crippen molar-refractivity contribution in [1.82, 2.24) is 14.8 Å². The van der Waals surface area contributed by atoms with Crippen molar-refractivity contribution < 1.29 is 14.7 Å². The summed E-state index contributed by atoms with van der Waals surface area (Å²) < 4.78 is 0. The van der Waals surface area contributed by atoms with E-state index in [0.29, 0.717) is 17.7 Å². The number of carbonyl (C=O) groups is 2. The molecular formula is C31H32N4O3. The van der Waals surface area contributed by atoms with Crippen LogP contribution in [-0.2, 0) is 17.8 Å². The highest BCUT2D eigenvalue weighted by Crippen LogP contribution is 2.40. The molecule has 7 nitrogen and oxygen atoms in total. The van der Waals surface area contributed by atoms with Gasteiger partial charge in [0.25, 0.3) is 5.91 Å². The SMILES string of the molecule is CN(C(=O)c1ccc2c(c1)[C@H](N1C=C(C(=O)O)c3ccccc3C1)CC2)C1CCN(c2ccncc2)CC1. The highest BCUT2D eigenvalue weighted by Gasteiger charge is 2.32. The molecule has 0 saturated carbocycles. The second-order valence-corrected chi connectivity index (χ2v) is 10.5. The number of piperidine rings is 1. The number of hydrogen-bond acceptors (Lipinski definition) is 5. The predicted octanol–water partition coefficient (Wildman–Crippen LogP) is 4.75. The van der Waals surface area contributed by atoms with Gasteiger partial charge in [0.05, 0.1) is 11.6 Å². The molecule has 1 N–H and O–H groups in total.